The van der Waals surface area contributed by atoms with Gasteiger partial charge in [-0.15, -0.1) is 10.2 Å². The first-order chi connectivity index (χ1) is 12.7. The molecule has 132 valence electrons. The predicted molar refractivity (Wildman–Crippen MR) is 97.8 cm³/mol. The molecule has 3 aromatic heterocycles. The van der Waals surface area contributed by atoms with Gasteiger partial charge in [0.25, 0.3) is 0 Å². The second-order valence-corrected chi connectivity index (χ2v) is 7.46. The number of hydrogen-bond acceptors (Lipinski definition) is 8. The van der Waals surface area contributed by atoms with E-state index in [0.29, 0.717) is 6.61 Å². The van der Waals surface area contributed by atoms with Crippen molar-refractivity contribution in [2.24, 2.45) is 0 Å². The van der Waals surface area contributed by atoms with Gasteiger partial charge in [-0.2, -0.15) is 4.37 Å². The van der Waals surface area contributed by atoms with E-state index >= 15 is 0 Å². The smallest absolute Gasteiger partial charge is 0.164 e. The van der Waals surface area contributed by atoms with Crippen molar-refractivity contribution in [3.05, 3.63) is 47.5 Å². The van der Waals surface area contributed by atoms with Crippen molar-refractivity contribution in [1.82, 2.24) is 24.5 Å². The molecule has 0 aliphatic carbocycles. The van der Waals surface area contributed by atoms with Gasteiger partial charge in [-0.1, -0.05) is 6.07 Å². The largest absolute Gasteiger partial charge is 0.364 e. The van der Waals surface area contributed by atoms with Gasteiger partial charge in [0.15, 0.2) is 10.8 Å². The lowest BCUT2D eigenvalue weighted by molar-refractivity contribution is -0.0574. The van der Waals surface area contributed by atoms with E-state index in [1.807, 2.05) is 31.3 Å². The van der Waals surface area contributed by atoms with E-state index in [0.717, 1.165) is 54.0 Å². The molecule has 26 heavy (non-hydrogen) atoms. The van der Waals surface area contributed by atoms with Crippen molar-refractivity contribution in [3.8, 4) is 10.7 Å². The molecule has 8 heteroatoms. The van der Waals surface area contributed by atoms with E-state index < -0.39 is 0 Å². The van der Waals surface area contributed by atoms with Crippen LogP contribution < -0.4 is 4.90 Å². The van der Waals surface area contributed by atoms with Gasteiger partial charge in [0.2, 0.25) is 0 Å². The quantitative estimate of drug-likeness (QED) is 0.690. The van der Waals surface area contributed by atoms with Crippen molar-refractivity contribution in [1.29, 1.82) is 0 Å². The summed E-state index contributed by atoms with van der Waals surface area (Å²) in [4.78, 5) is 11.2. The molecule has 0 unspecified atom stereocenters. The summed E-state index contributed by atoms with van der Waals surface area (Å²) in [6.45, 7) is 4.30. The first-order valence-corrected chi connectivity index (χ1v) is 9.49. The van der Waals surface area contributed by atoms with E-state index in [4.69, 9.17) is 4.74 Å². The van der Waals surface area contributed by atoms with Crippen molar-refractivity contribution in [3.63, 3.8) is 0 Å². The van der Waals surface area contributed by atoms with Gasteiger partial charge in [-0.3, -0.25) is 4.98 Å². The molecular weight excluding hydrogens is 348 g/mol. The van der Waals surface area contributed by atoms with Gasteiger partial charge in [-0.25, -0.2) is 4.98 Å². The number of piperidine rings is 1. The Kier molecular flexibility index (Phi) is 3.68. The molecule has 0 atom stereocenters. The summed E-state index contributed by atoms with van der Waals surface area (Å²) in [7, 11) is 0. The first kappa shape index (κ1) is 15.8. The minimum Gasteiger partial charge on any atom is -0.364 e. The highest BCUT2D eigenvalue weighted by atomic mass is 32.1. The zero-order valence-corrected chi connectivity index (χ0v) is 15.2. The normalized spacial score (nSPS) is 18.3. The summed E-state index contributed by atoms with van der Waals surface area (Å²) < 4.78 is 10.4. The number of hydrogen-bond donors (Lipinski definition) is 0. The molecule has 1 saturated heterocycles. The van der Waals surface area contributed by atoms with Crippen LogP contribution in [0.4, 0.5) is 5.82 Å². The Hall–Kier alpha value is -2.45. The number of aromatic nitrogens is 5. The maximum absolute atomic E-state index is 6.18. The van der Waals surface area contributed by atoms with E-state index in [9.17, 15) is 0 Å². The Labute approximate surface area is 155 Å². The zero-order chi connectivity index (χ0) is 17.6. The molecule has 2 aliphatic heterocycles. The number of ether oxygens (including phenoxy) is 1. The molecule has 0 saturated carbocycles. The maximum atomic E-state index is 6.18. The van der Waals surface area contributed by atoms with E-state index in [-0.39, 0.29) is 5.60 Å². The molecule has 7 nitrogen and oxygen atoms in total. The average molecular weight is 366 g/mol. The van der Waals surface area contributed by atoms with Crippen LogP contribution in [0, 0.1) is 6.92 Å². The number of rotatable bonds is 2. The predicted octanol–water partition coefficient (Wildman–Crippen LogP) is 2.72. The van der Waals surface area contributed by atoms with E-state index in [2.05, 4.69) is 35.5 Å². The number of fused-ring (bicyclic) bond motifs is 2. The van der Waals surface area contributed by atoms with Gasteiger partial charge in [0, 0.05) is 24.8 Å². The van der Waals surface area contributed by atoms with Crippen LogP contribution >= 0.6 is 11.5 Å². The number of anilines is 1. The summed E-state index contributed by atoms with van der Waals surface area (Å²) in [5, 5.41) is 9.55. The van der Waals surface area contributed by atoms with Crippen molar-refractivity contribution >= 4 is 17.4 Å². The molecule has 0 aromatic carbocycles. The van der Waals surface area contributed by atoms with Crippen LogP contribution in [0.1, 0.15) is 29.9 Å². The number of pyridine rings is 1. The third kappa shape index (κ3) is 2.57. The van der Waals surface area contributed by atoms with Crippen LogP contribution in [0.2, 0.25) is 0 Å². The molecule has 0 radical (unpaired) electrons. The molecule has 0 bridgehead atoms. The van der Waals surface area contributed by atoms with Crippen LogP contribution in [0.5, 0.6) is 0 Å². The lowest BCUT2D eigenvalue weighted by Gasteiger charge is -2.38. The average Bonchev–Trinajstić information content (AvgIpc) is 3.28. The monoisotopic (exact) mass is 366 g/mol. The summed E-state index contributed by atoms with van der Waals surface area (Å²) >= 11 is 1.35. The lowest BCUT2D eigenvalue weighted by Crippen LogP contribution is -2.43. The fourth-order valence-corrected chi connectivity index (χ4v) is 4.37. The highest BCUT2D eigenvalue weighted by Crippen LogP contribution is 2.43. The van der Waals surface area contributed by atoms with Gasteiger partial charge in [0.1, 0.15) is 17.1 Å². The number of aryl methyl sites for hydroxylation is 1. The van der Waals surface area contributed by atoms with E-state index in [1.54, 1.807) is 0 Å². The van der Waals surface area contributed by atoms with E-state index in [1.165, 1.54) is 17.1 Å². The minimum absolute atomic E-state index is 0.232. The van der Waals surface area contributed by atoms with Crippen LogP contribution in [-0.2, 0) is 16.9 Å². The van der Waals surface area contributed by atoms with Crippen LogP contribution in [0.15, 0.2) is 30.5 Å². The Morgan fingerprint density at radius 2 is 2.04 bits per heavy atom. The maximum Gasteiger partial charge on any atom is 0.164 e. The second-order valence-electron chi connectivity index (χ2n) is 6.70. The number of nitrogens with zero attached hydrogens (tertiary/aromatic N) is 6. The van der Waals surface area contributed by atoms with Crippen molar-refractivity contribution in [2.75, 3.05) is 18.0 Å². The second kappa shape index (κ2) is 6.07. The molecule has 0 amide bonds. The minimum atomic E-state index is -0.232. The Bertz CT molecular complexity index is 933. The fraction of sp³-hybridized carbons (Fsp3) is 0.389. The molecule has 5 heterocycles. The molecule has 3 aromatic rings. The summed E-state index contributed by atoms with van der Waals surface area (Å²) in [5.41, 5.74) is 2.88. The standard InChI is InChI=1S/C18H18N6OS/c1-12-20-17(26-23-12)14-4-5-15(22-21-14)24-9-6-18(7-10-24)16-13(11-25-18)3-2-8-19-16/h2-5,8H,6-7,9-11H2,1H3. The topological polar surface area (TPSA) is 76.9 Å². The summed E-state index contributed by atoms with van der Waals surface area (Å²) in [6, 6.07) is 8.07. The van der Waals surface area contributed by atoms with Crippen LogP contribution in [0.25, 0.3) is 10.7 Å². The molecule has 5 rings (SSSR count). The van der Waals surface area contributed by atoms with Gasteiger partial charge >= 0.3 is 0 Å². The third-order valence-electron chi connectivity index (χ3n) is 5.12. The molecule has 1 fully saturated rings. The van der Waals surface area contributed by atoms with Crippen LogP contribution in [0.3, 0.4) is 0 Å². The highest BCUT2D eigenvalue weighted by Gasteiger charge is 2.44. The Morgan fingerprint density at radius 3 is 2.77 bits per heavy atom. The Balaban J connectivity index is 1.32. The molecule has 0 N–H and O–H groups in total. The molecule has 1 spiro atoms. The lowest BCUT2D eigenvalue weighted by atomic mass is 9.87. The molecule has 2 aliphatic rings. The summed E-state index contributed by atoms with van der Waals surface area (Å²) in [5.74, 6) is 1.66. The van der Waals surface area contributed by atoms with Gasteiger partial charge in [0.05, 0.1) is 12.3 Å². The third-order valence-corrected chi connectivity index (χ3v) is 5.95. The highest BCUT2D eigenvalue weighted by molar-refractivity contribution is 7.09. The van der Waals surface area contributed by atoms with Crippen molar-refractivity contribution in [2.45, 2.75) is 32.0 Å². The van der Waals surface area contributed by atoms with Gasteiger partial charge < -0.3 is 9.64 Å². The van der Waals surface area contributed by atoms with Gasteiger partial charge in [-0.05, 0) is 49.5 Å². The Morgan fingerprint density at radius 1 is 1.15 bits per heavy atom. The summed E-state index contributed by atoms with van der Waals surface area (Å²) in [6.07, 6.45) is 3.69. The SMILES string of the molecule is Cc1nsc(-c2ccc(N3CCC4(CC3)OCc3cccnc34)nn2)n1. The fourth-order valence-electron chi connectivity index (χ4n) is 3.74. The molecular formula is C18H18N6OS. The zero-order valence-electron chi connectivity index (χ0n) is 14.4. The van der Waals surface area contributed by atoms with Crippen molar-refractivity contribution < 1.29 is 4.74 Å². The first-order valence-electron chi connectivity index (χ1n) is 8.71. The van der Waals surface area contributed by atoms with Crippen LogP contribution in [-0.4, -0.2) is 37.6 Å².